The Labute approximate surface area is 128 Å². The standard InChI is InChI=1S/C12H15N5O6/c1-20-12-22-6-4(2-18)21-10(7(6)23-12)17-3-14-5-8(17)15-11(13)16-9(5)19/h3-4,6-7,10,12,18H,2H2,1H3,(H3,13,15,16,19)/t4-,6-,7-,10-,12?/m1/s1. The molecule has 4 heterocycles. The first-order valence-corrected chi connectivity index (χ1v) is 6.94. The van der Waals surface area contributed by atoms with Crippen molar-refractivity contribution in [3.05, 3.63) is 16.7 Å². The van der Waals surface area contributed by atoms with E-state index in [1.807, 2.05) is 0 Å². The zero-order valence-electron chi connectivity index (χ0n) is 12.1. The number of aliphatic hydroxyl groups excluding tert-OH is 1. The fourth-order valence-electron chi connectivity index (χ4n) is 2.92. The Bertz CT molecular complexity index is 790. The molecular formula is C12H15N5O6. The number of H-pyrrole nitrogens is 1. The minimum atomic E-state index is -0.846. The van der Waals surface area contributed by atoms with Gasteiger partial charge in [-0.1, -0.05) is 0 Å². The molecule has 4 N–H and O–H groups in total. The summed E-state index contributed by atoms with van der Waals surface area (Å²) in [6.45, 7) is -1.10. The number of anilines is 1. The van der Waals surface area contributed by atoms with Gasteiger partial charge < -0.3 is 29.8 Å². The Morgan fingerprint density at radius 3 is 2.96 bits per heavy atom. The molecule has 0 aliphatic carbocycles. The number of nitrogens with zero attached hydrogens (tertiary/aromatic N) is 3. The summed E-state index contributed by atoms with van der Waals surface area (Å²) in [5.41, 5.74) is 5.54. The Morgan fingerprint density at radius 2 is 2.22 bits per heavy atom. The third-order valence-corrected chi connectivity index (χ3v) is 3.92. The second kappa shape index (κ2) is 5.25. The first kappa shape index (κ1) is 14.5. The molecule has 0 saturated carbocycles. The summed E-state index contributed by atoms with van der Waals surface area (Å²) >= 11 is 0. The van der Waals surface area contributed by atoms with Crippen molar-refractivity contribution in [2.45, 2.75) is 31.0 Å². The lowest BCUT2D eigenvalue weighted by Gasteiger charge is -2.19. The molecule has 1 unspecified atom stereocenters. The van der Waals surface area contributed by atoms with E-state index in [0.29, 0.717) is 0 Å². The van der Waals surface area contributed by atoms with E-state index in [9.17, 15) is 9.90 Å². The van der Waals surface area contributed by atoms with Gasteiger partial charge in [0, 0.05) is 7.11 Å². The molecule has 2 aliphatic heterocycles. The molecule has 4 rings (SSSR count). The van der Waals surface area contributed by atoms with Crippen LogP contribution in [0.1, 0.15) is 6.23 Å². The molecule has 0 bridgehead atoms. The minimum absolute atomic E-state index is 0.0316. The molecule has 23 heavy (non-hydrogen) atoms. The molecule has 124 valence electrons. The van der Waals surface area contributed by atoms with E-state index in [4.69, 9.17) is 24.7 Å². The van der Waals surface area contributed by atoms with Crippen molar-refractivity contribution in [3.63, 3.8) is 0 Å². The molecule has 2 saturated heterocycles. The number of aliphatic hydroxyl groups is 1. The molecule has 0 radical (unpaired) electrons. The summed E-state index contributed by atoms with van der Waals surface area (Å²) in [5, 5.41) is 9.47. The lowest BCUT2D eigenvalue weighted by Crippen LogP contribution is -2.31. The van der Waals surface area contributed by atoms with E-state index in [0.717, 1.165) is 0 Å². The first-order valence-electron chi connectivity index (χ1n) is 6.94. The van der Waals surface area contributed by atoms with Gasteiger partial charge in [0.2, 0.25) is 5.95 Å². The van der Waals surface area contributed by atoms with Gasteiger partial charge in [-0.25, -0.2) is 4.98 Å². The number of imidazole rings is 1. The van der Waals surface area contributed by atoms with Gasteiger partial charge in [0.1, 0.15) is 18.3 Å². The fraction of sp³-hybridized carbons (Fsp3) is 0.583. The summed E-state index contributed by atoms with van der Waals surface area (Å²) < 4.78 is 23.5. The highest BCUT2D eigenvalue weighted by Crippen LogP contribution is 2.40. The second-order valence-corrected chi connectivity index (χ2v) is 5.25. The smallest absolute Gasteiger partial charge is 0.280 e. The fourth-order valence-corrected chi connectivity index (χ4v) is 2.92. The predicted molar refractivity (Wildman–Crippen MR) is 74.1 cm³/mol. The number of nitrogen functional groups attached to an aromatic ring is 1. The van der Waals surface area contributed by atoms with E-state index in [1.54, 1.807) is 0 Å². The summed E-state index contributed by atoms with van der Waals surface area (Å²) in [6, 6.07) is 0. The van der Waals surface area contributed by atoms with Crippen LogP contribution >= 0.6 is 0 Å². The Hall–Kier alpha value is -2.05. The van der Waals surface area contributed by atoms with Crippen molar-refractivity contribution >= 4 is 17.1 Å². The maximum absolute atomic E-state index is 11.9. The summed E-state index contributed by atoms with van der Waals surface area (Å²) in [6.07, 6.45) is -0.918. The molecular weight excluding hydrogens is 310 g/mol. The van der Waals surface area contributed by atoms with Crippen LogP contribution < -0.4 is 11.3 Å². The number of methoxy groups -OCH3 is 1. The van der Waals surface area contributed by atoms with Gasteiger partial charge in [-0.15, -0.1) is 0 Å². The average molecular weight is 325 g/mol. The number of rotatable bonds is 3. The molecule has 0 spiro atoms. The number of ether oxygens (including phenoxy) is 4. The van der Waals surface area contributed by atoms with E-state index < -0.39 is 36.6 Å². The van der Waals surface area contributed by atoms with Gasteiger partial charge in [0.05, 0.1) is 12.9 Å². The number of hydrogen-bond donors (Lipinski definition) is 3. The van der Waals surface area contributed by atoms with Crippen molar-refractivity contribution in [2.24, 2.45) is 0 Å². The maximum Gasteiger partial charge on any atom is 0.280 e. The summed E-state index contributed by atoms with van der Waals surface area (Å²) in [5.74, 6) is -0.0316. The highest BCUT2D eigenvalue weighted by molar-refractivity contribution is 5.70. The number of fused-ring (bicyclic) bond motifs is 2. The summed E-state index contributed by atoms with van der Waals surface area (Å²) in [7, 11) is 1.45. The normalized spacial score (nSPS) is 33.4. The monoisotopic (exact) mass is 325 g/mol. The molecule has 11 nitrogen and oxygen atoms in total. The summed E-state index contributed by atoms with van der Waals surface area (Å²) in [4.78, 5) is 22.4. The number of aromatic nitrogens is 4. The van der Waals surface area contributed by atoms with E-state index in [1.165, 1.54) is 18.0 Å². The zero-order valence-corrected chi connectivity index (χ0v) is 12.1. The van der Waals surface area contributed by atoms with Crippen LogP contribution in [-0.2, 0) is 18.9 Å². The van der Waals surface area contributed by atoms with Crippen LogP contribution in [0, 0.1) is 0 Å². The van der Waals surface area contributed by atoms with Crippen molar-refractivity contribution in [2.75, 3.05) is 19.5 Å². The van der Waals surface area contributed by atoms with E-state index >= 15 is 0 Å². The largest absolute Gasteiger partial charge is 0.394 e. The quantitative estimate of drug-likeness (QED) is 0.601. The van der Waals surface area contributed by atoms with Crippen LogP contribution in [-0.4, -0.2) is 63.1 Å². The highest BCUT2D eigenvalue weighted by Gasteiger charge is 2.53. The molecule has 2 aromatic heterocycles. The second-order valence-electron chi connectivity index (χ2n) is 5.25. The number of hydrogen-bond acceptors (Lipinski definition) is 9. The predicted octanol–water partition coefficient (Wildman–Crippen LogP) is -1.69. The zero-order chi connectivity index (χ0) is 16.1. The number of aromatic amines is 1. The van der Waals surface area contributed by atoms with Gasteiger partial charge in [0.15, 0.2) is 17.4 Å². The number of nitrogens with two attached hydrogens (primary N) is 1. The average Bonchev–Trinajstić information content (AvgIpc) is 3.19. The van der Waals surface area contributed by atoms with Gasteiger partial charge in [-0.2, -0.15) is 4.98 Å². The lowest BCUT2D eigenvalue weighted by molar-refractivity contribution is -0.256. The molecule has 2 fully saturated rings. The van der Waals surface area contributed by atoms with Crippen LogP contribution in [0.3, 0.4) is 0 Å². The molecule has 11 heteroatoms. The van der Waals surface area contributed by atoms with E-state index in [2.05, 4.69) is 15.0 Å². The van der Waals surface area contributed by atoms with Gasteiger partial charge in [0.25, 0.3) is 12.0 Å². The van der Waals surface area contributed by atoms with Gasteiger partial charge in [-0.3, -0.25) is 14.3 Å². The van der Waals surface area contributed by atoms with Gasteiger partial charge in [-0.05, 0) is 0 Å². The number of nitrogens with one attached hydrogen (secondary N) is 1. The van der Waals surface area contributed by atoms with Crippen LogP contribution in [0.2, 0.25) is 0 Å². The maximum atomic E-state index is 11.9. The van der Waals surface area contributed by atoms with E-state index in [-0.39, 0.29) is 23.7 Å². The molecule has 0 amide bonds. The SMILES string of the molecule is COC1O[C@@H]2[C@H](O1)[C@@H](CO)O[C@H]2n1cnc2c(=O)[nH]c(N)nc21. The molecule has 2 aliphatic rings. The Kier molecular flexibility index (Phi) is 3.32. The van der Waals surface area contributed by atoms with Crippen molar-refractivity contribution < 1.29 is 24.1 Å². The lowest BCUT2D eigenvalue weighted by atomic mass is 10.1. The van der Waals surface area contributed by atoms with Crippen molar-refractivity contribution in [1.29, 1.82) is 0 Å². The molecule has 5 atom stereocenters. The third-order valence-electron chi connectivity index (χ3n) is 3.92. The van der Waals surface area contributed by atoms with Crippen LogP contribution in [0.25, 0.3) is 11.2 Å². The van der Waals surface area contributed by atoms with Crippen molar-refractivity contribution in [1.82, 2.24) is 19.5 Å². The Morgan fingerprint density at radius 1 is 1.43 bits per heavy atom. The Balaban J connectivity index is 1.77. The molecule has 2 aromatic rings. The highest BCUT2D eigenvalue weighted by atomic mass is 16.9. The third kappa shape index (κ3) is 2.13. The van der Waals surface area contributed by atoms with Crippen LogP contribution in [0.4, 0.5) is 5.95 Å². The van der Waals surface area contributed by atoms with Gasteiger partial charge >= 0.3 is 0 Å². The minimum Gasteiger partial charge on any atom is -0.394 e. The van der Waals surface area contributed by atoms with Crippen molar-refractivity contribution in [3.8, 4) is 0 Å². The first-order chi connectivity index (χ1) is 11.1. The van der Waals surface area contributed by atoms with Crippen LogP contribution in [0.5, 0.6) is 0 Å². The topological polar surface area (TPSA) is 147 Å². The van der Waals surface area contributed by atoms with Crippen LogP contribution in [0.15, 0.2) is 11.1 Å². The molecule has 0 aromatic carbocycles.